The molecule has 1 aliphatic rings. The standard InChI is InChI=1S/C21H29N5O2/c1-3-19(26-11-5-4-6-12-26)8-7-16(2)21(28)25-18(15-27)13-17(14-23)20(24)9-10-22/h3,7-10,13-15,23H,1,4-6,11-12,22,24H2,2H3,(H,25,28)/b10-9-,16-7+,18-13+,19-8+,20-17+,23-14?. The molecule has 0 radical (unpaired) electrons. The third-order valence-corrected chi connectivity index (χ3v) is 4.25. The molecule has 1 fully saturated rings. The predicted molar refractivity (Wildman–Crippen MR) is 113 cm³/mol. The molecule has 0 spiro atoms. The van der Waals surface area contributed by atoms with Gasteiger partial charge < -0.3 is 27.1 Å². The van der Waals surface area contributed by atoms with Gasteiger partial charge in [0.1, 0.15) is 0 Å². The summed E-state index contributed by atoms with van der Waals surface area (Å²) in [5.74, 6) is -0.422. The minimum Gasteiger partial charge on any atom is -0.405 e. The van der Waals surface area contributed by atoms with Gasteiger partial charge in [0.25, 0.3) is 5.91 Å². The van der Waals surface area contributed by atoms with Crippen molar-refractivity contribution in [2.75, 3.05) is 13.1 Å². The molecule has 1 rings (SSSR count). The maximum atomic E-state index is 12.4. The van der Waals surface area contributed by atoms with Crippen LogP contribution in [-0.2, 0) is 9.59 Å². The van der Waals surface area contributed by atoms with Crippen molar-refractivity contribution in [1.29, 1.82) is 5.41 Å². The lowest BCUT2D eigenvalue weighted by atomic mass is 10.1. The Balaban J connectivity index is 2.94. The first kappa shape index (κ1) is 22.7. The van der Waals surface area contributed by atoms with Gasteiger partial charge in [-0.25, -0.2) is 0 Å². The number of hydrogen-bond donors (Lipinski definition) is 4. The third-order valence-electron chi connectivity index (χ3n) is 4.25. The van der Waals surface area contributed by atoms with Crippen LogP contribution < -0.4 is 16.8 Å². The molecule has 0 atom stereocenters. The van der Waals surface area contributed by atoms with Crippen molar-refractivity contribution in [3.05, 3.63) is 71.4 Å². The summed E-state index contributed by atoms with van der Waals surface area (Å²) in [7, 11) is 0. The Hall–Kier alpha value is -3.35. The number of amides is 1. The molecule has 0 unspecified atom stereocenters. The Morgan fingerprint density at radius 2 is 1.89 bits per heavy atom. The van der Waals surface area contributed by atoms with Crippen LogP contribution >= 0.6 is 0 Å². The monoisotopic (exact) mass is 383 g/mol. The minimum atomic E-state index is -0.422. The summed E-state index contributed by atoms with van der Waals surface area (Å²) in [5, 5.41) is 9.91. The summed E-state index contributed by atoms with van der Waals surface area (Å²) in [6.07, 6.45) is 14.3. The molecule has 0 aromatic carbocycles. The number of aldehydes is 1. The lowest BCUT2D eigenvalue weighted by molar-refractivity contribution is -0.118. The van der Waals surface area contributed by atoms with Crippen LogP contribution in [0.25, 0.3) is 0 Å². The highest BCUT2D eigenvalue weighted by Crippen LogP contribution is 2.15. The molecule has 28 heavy (non-hydrogen) atoms. The quantitative estimate of drug-likeness (QED) is 0.210. The van der Waals surface area contributed by atoms with Gasteiger partial charge in [0.05, 0.1) is 5.70 Å². The first-order valence-corrected chi connectivity index (χ1v) is 9.09. The Morgan fingerprint density at radius 3 is 2.43 bits per heavy atom. The number of nitrogens with one attached hydrogen (secondary N) is 2. The average molecular weight is 383 g/mol. The number of carbonyl (C=O) groups excluding carboxylic acids is 2. The number of hydrogen-bond acceptors (Lipinski definition) is 6. The predicted octanol–water partition coefficient (Wildman–Crippen LogP) is 2.02. The molecule has 0 aliphatic carbocycles. The molecule has 1 saturated heterocycles. The molecule has 7 nitrogen and oxygen atoms in total. The zero-order valence-electron chi connectivity index (χ0n) is 16.3. The normalized spacial score (nSPS) is 17.2. The van der Waals surface area contributed by atoms with Crippen LogP contribution in [0.5, 0.6) is 0 Å². The maximum Gasteiger partial charge on any atom is 0.251 e. The maximum absolute atomic E-state index is 12.4. The number of carbonyl (C=O) groups is 2. The molecule has 0 aromatic rings. The Labute approximate surface area is 166 Å². The van der Waals surface area contributed by atoms with Crippen molar-refractivity contribution in [1.82, 2.24) is 10.2 Å². The lowest BCUT2D eigenvalue weighted by Gasteiger charge is -2.29. The van der Waals surface area contributed by atoms with Gasteiger partial charge >= 0.3 is 0 Å². The van der Waals surface area contributed by atoms with Crippen LogP contribution in [0, 0.1) is 5.41 Å². The van der Waals surface area contributed by atoms with Crippen LogP contribution in [-0.4, -0.2) is 36.4 Å². The number of nitrogens with zero attached hydrogens (tertiary/aromatic N) is 1. The van der Waals surface area contributed by atoms with Gasteiger partial charge in [0.2, 0.25) is 0 Å². The van der Waals surface area contributed by atoms with E-state index >= 15 is 0 Å². The zero-order chi connectivity index (χ0) is 20.9. The SMILES string of the molecule is C=C/C(=C\C=C(/C)C(=O)N/C(C=O)=C/C(C=N)=C(N)/C=C\N)N1CCCCC1. The Bertz CT molecular complexity index is 751. The van der Waals surface area contributed by atoms with E-state index in [4.69, 9.17) is 16.9 Å². The summed E-state index contributed by atoms with van der Waals surface area (Å²) < 4.78 is 0. The number of piperidine rings is 1. The summed E-state index contributed by atoms with van der Waals surface area (Å²) in [6.45, 7) is 7.46. The van der Waals surface area contributed by atoms with E-state index in [9.17, 15) is 9.59 Å². The van der Waals surface area contributed by atoms with Crippen LogP contribution in [0.2, 0.25) is 0 Å². The summed E-state index contributed by atoms with van der Waals surface area (Å²) in [6, 6.07) is 0. The van der Waals surface area contributed by atoms with Crippen molar-refractivity contribution in [2.45, 2.75) is 26.2 Å². The van der Waals surface area contributed by atoms with E-state index in [0.29, 0.717) is 11.9 Å². The molecular formula is C21H29N5O2. The summed E-state index contributed by atoms with van der Waals surface area (Å²) in [5.41, 5.74) is 12.9. The largest absolute Gasteiger partial charge is 0.405 e. The topological polar surface area (TPSA) is 125 Å². The van der Waals surface area contributed by atoms with E-state index in [2.05, 4.69) is 16.8 Å². The fourth-order valence-electron chi connectivity index (χ4n) is 2.65. The summed E-state index contributed by atoms with van der Waals surface area (Å²) >= 11 is 0. The average Bonchev–Trinajstić information content (AvgIpc) is 2.72. The molecule has 1 heterocycles. The van der Waals surface area contributed by atoms with Crippen molar-refractivity contribution in [3.63, 3.8) is 0 Å². The van der Waals surface area contributed by atoms with E-state index in [1.165, 1.54) is 24.8 Å². The van der Waals surface area contributed by atoms with E-state index in [1.54, 1.807) is 19.1 Å². The smallest absolute Gasteiger partial charge is 0.251 e. The number of allylic oxidation sites excluding steroid dienone is 7. The highest BCUT2D eigenvalue weighted by atomic mass is 16.2. The first-order valence-electron chi connectivity index (χ1n) is 9.09. The van der Waals surface area contributed by atoms with E-state index in [1.807, 2.05) is 6.08 Å². The van der Waals surface area contributed by atoms with E-state index in [-0.39, 0.29) is 17.0 Å². The third kappa shape index (κ3) is 7.11. The molecular weight excluding hydrogens is 354 g/mol. The lowest BCUT2D eigenvalue weighted by Crippen LogP contribution is -2.28. The van der Waals surface area contributed by atoms with Gasteiger partial charge in [-0.1, -0.05) is 12.7 Å². The first-order chi connectivity index (χ1) is 13.5. The van der Waals surface area contributed by atoms with Crippen molar-refractivity contribution in [3.8, 4) is 0 Å². The second kappa shape index (κ2) is 12.1. The van der Waals surface area contributed by atoms with Gasteiger partial charge in [-0.2, -0.15) is 0 Å². The Morgan fingerprint density at radius 1 is 1.21 bits per heavy atom. The van der Waals surface area contributed by atoms with Gasteiger partial charge in [-0.15, -0.1) is 0 Å². The van der Waals surface area contributed by atoms with E-state index in [0.717, 1.165) is 37.8 Å². The molecule has 150 valence electrons. The molecule has 0 bridgehead atoms. The van der Waals surface area contributed by atoms with Crippen molar-refractivity contribution in [2.24, 2.45) is 11.5 Å². The second-order valence-corrected chi connectivity index (χ2v) is 6.28. The van der Waals surface area contributed by atoms with Gasteiger partial charge in [0.15, 0.2) is 6.29 Å². The van der Waals surface area contributed by atoms with Gasteiger partial charge in [0, 0.05) is 41.8 Å². The van der Waals surface area contributed by atoms with Crippen molar-refractivity contribution >= 4 is 18.4 Å². The molecule has 1 amide bonds. The zero-order valence-corrected chi connectivity index (χ0v) is 16.3. The second-order valence-electron chi connectivity index (χ2n) is 6.28. The molecule has 0 saturated carbocycles. The molecule has 7 heteroatoms. The number of rotatable bonds is 9. The van der Waals surface area contributed by atoms with Gasteiger partial charge in [-0.3, -0.25) is 9.59 Å². The van der Waals surface area contributed by atoms with Crippen LogP contribution in [0.4, 0.5) is 0 Å². The van der Waals surface area contributed by atoms with Crippen LogP contribution in [0.1, 0.15) is 26.2 Å². The fourth-order valence-corrected chi connectivity index (χ4v) is 2.65. The van der Waals surface area contributed by atoms with Gasteiger partial charge in [-0.05, 0) is 56.7 Å². The van der Waals surface area contributed by atoms with Crippen LogP contribution in [0.3, 0.4) is 0 Å². The highest BCUT2D eigenvalue weighted by Gasteiger charge is 2.11. The molecule has 6 N–H and O–H groups in total. The fraction of sp³-hybridized carbons (Fsp3) is 0.286. The highest BCUT2D eigenvalue weighted by molar-refractivity contribution is 5.98. The van der Waals surface area contributed by atoms with Crippen LogP contribution in [0.15, 0.2) is 71.4 Å². The molecule has 0 aromatic heterocycles. The number of nitrogens with two attached hydrogens (primary N) is 2. The van der Waals surface area contributed by atoms with E-state index < -0.39 is 5.91 Å². The molecule has 1 aliphatic heterocycles. The number of likely N-dealkylation sites (tertiary alicyclic amines) is 1. The summed E-state index contributed by atoms with van der Waals surface area (Å²) in [4.78, 5) is 25.9. The minimum absolute atomic E-state index is 0.00595. The Kier molecular flexibility index (Phi) is 9.82. The van der Waals surface area contributed by atoms with Crippen molar-refractivity contribution < 1.29 is 9.59 Å².